The van der Waals surface area contributed by atoms with Crippen LogP contribution in [0, 0.1) is 0 Å². The number of hydrogen-bond acceptors (Lipinski definition) is 5. The molecule has 0 bridgehead atoms. The first-order chi connectivity index (χ1) is 16.7. The van der Waals surface area contributed by atoms with Crippen LogP contribution in [0.5, 0.6) is 0 Å². The van der Waals surface area contributed by atoms with Gasteiger partial charge in [-0.25, -0.2) is 4.79 Å². The zero-order valence-corrected chi connectivity index (χ0v) is 20.6. The third-order valence-electron chi connectivity index (χ3n) is 5.67. The molecule has 4 aromatic rings. The van der Waals surface area contributed by atoms with E-state index < -0.39 is 17.7 Å². The van der Waals surface area contributed by atoms with Gasteiger partial charge in [0.15, 0.2) is 5.65 Å². The predicted octanol–water partition coefficient (Wildman–Crippen LogP) is 3.41. The third-order valence-corrected chi connectivity index (χ3v) is 5.67. The number of hydrogen-bond donors (Lipinski definition) is 2. The van der Waals surface area contributed by atoms with Crippen molar-refractivity contribution in [3.8, 4) is 0 Å². The van der Waals surface area contributed by atoms with Gasteiger partial charge in [0.25, 0.3) is 0 Å². The first-order valence-electron chi connectivity index (χ1n) is 11.8. The van der Waals surface area contributed by atoms with Crippen molar-refractivity contribution in [1.82, 2.24) is 29.8 Å². The van der Waals surface area contributed by atoms with Gasteiger partial charge in [0.05, 0.1) is 0 Å². The second-order valence-electron chi connectivity index (χ2n) is 9.62. The molecule has 3 aromatic heterocycles. The summed E-state index contributed by atoms with van der Waals surface area (Å²) < 4.78 is 9.37. The van der Waals surface area contributed by atoms with Gasteiger partial charge in [-0.05, 0) is 51.0 Å². The Hall–Kier alpha value is -3.88. The van der Waals surface area contributed by atoms with E-state index in [1.54, 1.807) is 20.8 Å². The van der Waals surface area contributed by atoms with Crippen LogP contribution >= 0.6 is 0 Å². The van der Waals surface area contributed by atoms with Gasteiger partial charge >= 0.3 is 6.09 Å². The zero-order chi connectivity index (χ0) is 25.0. The number of para-hydroxylation sites is 1. The van der Waals surface area contributed by atoms with Gasteiger partial charge in [0.2, 0.25) is 5.91 Å². The number of alkyl carbamates (subject to hydrolysis) is 1. The van der Waals surface area contributed by atoms with Crippen molar-refractivity contribution in [2.24, 2.45) is 7.05 Å². The number of carbonyl (C=O) groups excluding carboxylic acids is 2. The number of rotatable bonds is 8. The van der Waals surface area contributed by atoms with E-state index in [1.807, 2.05) is 70.9 Å². The predicted molar refractivity (Wildman–Crippen MR) is 134 cm³/mol. The van der Waals surface area contributed by atoms with Crippen LogP contribution in [-0.2, 0) is 29.4 Å². The summed E-state index contributed by atoms with van der Waals surface area (Å²) in [6, 6.07) is 13.0. The summed E-state index contributed by atoms with van der Waals surface area (Å²) in [6.45, 7) is 5.82. The average molecular weight is 477 g/mol. The van der Waals surface area contributed by atoms with Gasteiger partial charge in [0, 0.05) is 49.7 Å². The van der Waals surface area contributed by atoms with Crippen molar-refractivity contribution in [3.05, 3.63) is 66.2 Å². The second-order valence-corrected chi connectivity index (χ2v) is 9.62. The molecule has 0 aliphatic carbocycles. The summed E-state index contributed by atoms with van der Waals surface area (Å²) in [7, 11) is 1.97. The molecule has 0 spiro atoms. The van der Waals surface area contributed by atoms with Crippen molar-refractivity contribution in [2.45, 2.75) is 51.7 Å². The fourth-order valence-electron chi connectivity index (χ4n) is 4.11. The fraction of sp³-hybridized carbons (Fsp3) is 0.385. The Morgan fingerprint density at radius 3 is 2.66 bits per heavy atom. The number of fused-ring (bicyclic) bond motifs is 2. The van der Waals surface area contributed by atoms with E-state index in [4.69, 9.17) is 4.74 Å². The lowest BCUT2D eigenvalue weighted by Crippen LogP contribution is -2.49. The largest absolute Gasteiger partial charge is 0.444 e. The molecule has 3 heterocycles. The van der Waals surface area contributed by atoms with Crippen LogP contribution in [0.4, 0.5) is 4.79 Å². The van der Waals surface area contributed by atoms with E-state index in [1.165, 1.54) is 0 Å². The van der Waals surface area contributed by atoms with Gasteiger partial charge in [-0.2, -0.15) is 0 Å². The third kappa shape index (κ3) is 5.98. The lowest BCUT2D eigenvalue weighted by atomic mass is 10.0. The number of pyridine rings is 1. The molecule has 0 aliphatic rings. The van der Waals surface area contributed by atoms with E-state index in [0.717, 1.165) is 27.9 Å². The number of nitrogens with one attached hydrogen (secondary N) is 2. The smallest absolute Gasteiger partial charge is 0.408 e. The maximum atomic E-state index is 13.1. The van der Waals surface area contributed by atoms with Gasteiger partial charge in [-0.15, -0.1) is 10.2 Å². The molecule has 2 N–H and O–H groups in total. The lowest BCUT2D eigenvalue weighted by molar-refractivity contribution is -0.123. The highest BCUT2D eigenvalue weighted by atomic mass is 16.6. The Morgan fingerprint density at radius 2 is 1.86 bits per heavy atom. The van der Waals surface area contributed by atoms with Crippen LogP contribution in [0.2, 0.25) is 0 Å². The number of ether oxygens (including phenoxy) is 1. The highest BCUT2D eigenvalue weighted by Crippen LogP contribution is 2.22. The van der Waals surface area contributed by atoms with Gasteiger partial charge in [-0.1, -0.05) is 24.3 Å². The quantitative estimate of drug-likeness (QED) is 0.380. The van der Waals surface area contributed by atoms with Crippen molar-refractivity contribution >= 4 is 28.6 Å². The van der Waals surface area contributed by atoms with E-state index in [9.17, 15) is 9.59 Å². The number of benzene rings is 1. The van der Waals surface area contributed by atoms with Gasteiger partial charge in [0.1, 0.15) is 17.5 Å². The highest BCUT2D eigenvalue weighted by Gasteiger charge is 2.25. The average Bonchev–Trinajstić information content (AvgIpc) is 3.36. The SMILES string of the molecule is Cn1cc(C[C@@H](NC(=O)OC(C)(C)C)C(=O)NCCCc2nnc3ccccn23)c2ccccc21. The fourth-order valence-corrected chi connectivity index (χ4v) is 4.11. The monoisotopic (exact) mass is 476 g/mol. The van der Waals surface area contributed by atoms with Crippen molar-refractivity contribution in [2.75, 3.05) is 6.54 Å². The standard InChI is InChI=1S/C26H32N6O3/c1-26(2,3)35-25(34)28-20(16-18-17-31(4)21-11-6-5-10-19(18)21)24(33)27-14-9-13-23-30-29-22-12-7-8-15-32(22)23/h5-8,10-12,15,17,20H,9,13-14,16H2,1-4H3,(H,27,33)(H,28,34)/t20-/m1/s1. The molecule has 0 aliphatic heterocycles. The maximum absolute atomic E-state index is 13.1. The van der Waals surface area contributed by atoms with E-state index in [-0.39, 0.29) is 5.91 Å². The van der Waals surface area contributed by atoms with Crippen molar-refractivity contribution in [3.63, 3.8) is 0 Å². The number of nitrogens with zero attached hydrogens (tertiary/aromatic N) is 4. The lowest BCUT2D eigenvalue weighted by Gasteiger charge is -2.23. The molecule has 4 rings (SSSR count). The minimum atomic E-state index is -0.774. The Morgan fingerprint density at radius 1 is 1.09 bits per heavy atom. The molecule has 0 radical (unpaired) electrons. The first kappa shape index (κ1) is 24.3. The van der Waals surface area contributed by atoms with E-state index in [2.05, 4.69) is 20.8 Å². The summed E-state index contributed by atoms with van der Waals surface area (Å²) in [4.78, 5) is 25.6. The molecule has 9 nitrogen and oxygen atoms in total. The van der Waals surface area contributed by atoms with Crippen molar-refractivity contribution < 1.29 is 14.3 Å². The van der Waals surface area contributed by atoms with Crippen LogP contribution in [0.3, 0.4) is 0 Å². The molecular weight excluding hydrogens is 444 g/mol. The topological polar surface area (TPSA) is 103 Å². The molecule has 2 amide bonds. The summed E-state index contributed by atoms with van der Waals surface area (Å²) >= 11 is 0. The minimum absolute atomic E-state index is 0.255. The van der Waals surface area contributed by atoms with Crippen LogP contribution < -0.4 is 10.6 Å². The molecule has 184 valence electrons. The van der Waals surface area contributed by atoms with Crippen LogP contribution in [-0.4, -0.2) is 49.4 Å². The Bertz CT molecular complexity index is 1330. The highest BCUT2D eigenvalue weighted by molar-refractivity contribution is 5.88. The number of carbonyl (C=O) groups is 2. The molecular formula is C26H32N6O3. The van der Waals surface area contributed by atoms with Crippen LogP contribution in [0.15, 0.2) is 54.9 Å². The molecule has 0 unspecified atom stereocenters. The molecule has 0 fully saturated rings. The summed E-state index contributed by atoms with van der Waals surface area (Å²) in [6.07, 6.45) is 5.01. The van der Waals surface area contributed by atoms with Crippen LogP contribution in [0.25, 0.3) is 16.6 Å². The molecule has 1 aromatic carbocycles. The Balaban J connectivity index is 1.42. The Labute approximate surface area is 204 Å². The normalized spacial score (nSPS) is 12.6. The molecule has 35 heavy (non-hydrogen) atoms. The summed E-state index contributed by atoms with van der Waals surface area (Å²) in [5.74, 6) is 0.587. The first-order valence-corrected chi connectivity index (χ1v) is 11.8. The van der Waals surface area contributed by atoms with E-state index in [0.29, 0.717) is 25.8 Å². The molecule has 0 saturated carbocycles. The molecule has 0 saturated heterocycles. The van der Waals surface area contributed by atoms with Gasteiger partial charge < -0.3 is 19.9 Å². The number of aryl methyl sites for hydroxylation is 2. The van der Waals surface area contributed by atoms with E-state index >= 15 is 0 Å². The maximum Gasteiger partial charge on any atom is 0.408 e. The molecule has 1 atom stereocenters. The summed E-state index contributed by atoms with van der Waals surface area (Å²) in [5, 5.41) is 15.2. The summed E-state index contributed by atoms with van der Waals surface area (Å²) in [5.41, 5.74) is 2.18. The number of amides is 2. The van der Waals surface area contributed by atoms with Gasteiger partial charge in [-0.3, -0.25) is 9.20 Å². The minimum Gasteiger partial charge on any atom is -0.444 e. The van der Waals surface area contributed by atoms with Crippen LogP contribution in [0.1, 0.15) is 38.6 Å². The molecule has 9 heteroatoms. The van der Waals surface area contributed by atoms with Crippen molar-refractivity contribution in [1.29, 1.82) is 0 Å². The zero-order valence-electron chi connectivity index (χ0n) is 20.6. The number of aromatic nitrogens is 4. The second kappa shape index (κ2) is 10.2. The Kier molecular flexibility index (Phi) is 7.04.